The van der Waals surface area contributed by atoms with Crippen molar-refractivity contribution in [2.24, 2.45) is 20.0 Å². The van der Waals surface area contributed by atoms with Crippen molar-refractivity contribution in [1.82, 2.24) is 19.4 Å². The van der Waals surface area contributed by atoms with Crippen LogP contribution in [0, 0.1) is 5.92 Å². The molecule has 0 spiro atoms. The van der Waals surface area contributed by atoms with E-state index in [4.69, 9.17) is 11.6 Å². The monoisotopic (exact) mass is 443 g/mol. The molecule has 0 unspecified atom stereocenters. The van der Waals surface area contributed by atoms with Crippen LogP contribution in [-0.2, 0) is 18.9 Å². The van der Waals surface area contributed by atoms with Crippen LogP contribution in [0.2, 0.25) is 5.02 Å². The number of nitrogens with one attached hydrogen (secondary N) is 2. The Kier molecular flexibility index (Phi) is 6.26. The third-order valence-corrected chi connectivity index (χ3v) is 5.24. The van der Waals surface area contributed by atoms with Gasteiger partial charge in [0.05, 0.1) is 27.9 Å². The molecule has 0 saturated heterocycles. The number of halogens is 1. The van der Waals surface area contributed by atoms with Crippen LogP contribution >= 0.6 is 11.6 Å². The van der Waals surface area contributed by atoms with Gasteiger partial charge < -0.3 is 10.6 Å². The highest BCUT2D eigenvalue weighted by molar-refractivity contribution is 6.33. The molecule has 1 aromatic carbocycles. The molecule has 2 aromatic heterocycles. The summed E-state index contributed by atoms with van der Waals surface area (Å²) in [5, 5.41) is 5.85. The van der Waals surface area contributed by atoms with E-state index in [9.17, 15) is 19.2 Å². The van der Waals surface area contributed by atoms with Crippen LogP contribution in [0.3, 0.4) is 0 Å². The Bertz CT molecular complexity index is 1300. The lowest BCUT2D eigenvalue weighted by Gasteiger charge is -2.22. The van der Waals surface area contributed by atoms with Gasteiger partial charge in [0.15, 0.2) is 0 Å². The number of carbonyl (C=O) groups excluding carboxylic acids is 2. The van der Waals surface area contributed by atoms with Crippen LogP contribution in [0.25, 0.3) is 11.0 Å². The van der Waals surface area contributed by atoms with Gasteiger partial charge in [-0.25, -0.2) is 9.78 Å². The molecule has 2 N–H and O–H groups in total. The van der Waals surface area contributed by atoms with E-state index >= 15 is 0 Å². The van der Waals surface area contributed by atoms with Crippen molar-refractivity contribution in [2.45, 2.75) is 19.9 Å². The predicted octanol–water partition coefficient (Wildman–Crippen LogP) is 1.68. The maximum absolute atomic E-state index is 12.9. The van der Waals surface area contributed by atoms with Crippen LogP contribution in [0.1, 0.15) is 24.2 Å². The minimum Gasteiger partial charge on any atom is -0.340 e. The molecule has 10 heteroatoms. The molecule has 0 radical (unpaired) electrons. The molecule has 0 aliphatic carbocycles. The maximum atomic E-state index is 12.9. The van der Waals surface area contributed by atoms with Crippen LogP contribution < -0.4 is 21.9 Å². The number of anilines is 1. The summed E-state index contributed by atoms with van der Waals surface area (Å²) in [7, 11) is 2.88. The number of rotatable bonds is 5. The Labute approximate surface area is 182 Å². The molecule has 3 aromatic rings. The van der Waals surface area contributed by atoms with Crippen molar-refractivity contribution in [3.63, 3.8) is 0 Å². The van der Waals surface area contributed by atoms with Crippen molar-refractivity contribution < 1.29 is 9.59 Å². The van der Waals surface area contributed by atoms with E-state index in [1.807, 2.05) is 0 Å². The summed E-state index contributed by atoms with van der Waals surface area (Å²) in [6.07, 6.45) is 1.35. The Morgan fingerprint density at radius 3 is 2.42 bits per heavy atom. The number of hydrogen-bond acceptors (Lipinski definition) is 5. The van der Waals surface area contributed by atoms with Gasteiger partial charge in [-0.3, -0.25) is 23.5 Å². The number of aryl methyl sites for hydroxylation is 1. The Morgan fingerprint density at radius 1 is 1.10 bits per heavy atom. The molecule has 1 atom stereocenters. The van der Waals surface area contributed by atoms with Crippen molar-refractivity contribution in [2.75, 3.05) is 5.32 Å². The van der Waals surface area contributed by atoms with Crippen LogP contribution in [-0.4, -0.2) is 32.0 Å². The van der Waals surface area contributed by atoms with E-state index < -0.39 is 29.1 Å². The van der Waals surface area contributed by atoms with Gasteiger partial charge in [-0.05, 0) is 24.1 Å². The summed E-state index contributed by atoms with van der Waals surface area (Å²) in [5.41, 5.74) is -0.276. The highest BCUT2D eigenvalue weighted by Gasteiger charge is 2.26. The first-order valence-corrected chi connectivity index (χ1v) is 9.91. The standard InChI is InChI=1S/C21H22ClN5O4/c1-11(2)16(25-18(28)13-7-5-6-8-15(13)22)19(29)24-12-9-14-17(23-10-12)26(3)21(31)27(4)20(14)30/h5-11,16H,1-4H3,(H,24,29)(H,25,28)/t16-/m0/s1. The van der Waals surface area contributed by atoms with Crippen molar-refractivity contribution in [1.29, 1.82) is 0 Å². The predicted molar refractivity (Wildman–Crippen MR) is 118 cm³/mol. The summed E-state index contributed by atoms with van der Waals surface area (Å²) < 4.78 is 2.22. The van der Waals surface area contributed by atoms with Gasteiger partial charge in [0.1, 0.15) is 11.7 Å². The number of fused-ring (bicyclic) bond motifs is 1. The minimum absolute atomic E-state index is 0.184. The zero-order valence-electron chi connectivity index (χ0n) is 17.5. The molecule has 0 fully saturated rings. The van der Waals surface area contributed by atoms with Crippen LogP contribution in [0.5, 0.6) is 0 Å². The molecule has 3 rings (SSSR count). The molecule has 2 heterocycles. The molecule has 31 heavy (non-hydrogen) atoms. The van der Waals surface area contributed by atoms with Gasteiger partial charge in [-0.15, -0.1) is 0 Å². The lowest BCUT2D eigenvalue weighted by Crippen LogP contribution is -2.47. The first-order chi connectivity index (χ1) is 14.6. The van der Waals surface area contributed by atoms with Gasteiger partial charge in [0, 0.05) is 14.1 Å². The molecule has 0 saturated carbocycles. The third kappa shape index (κ3) is 4.36. The van der Waals surface area contributed by atoms with Crippen LogP contribution in [0.15, 0.2) is 46.1 Å². The summed E-state index contributed by atoms with van der Waals surface area (Å²) >= 11 is 6.07. The summed E-state index contributed by atoms with van der Waals surface area (Å²) in [4.78, 5) is 54.1. The fourth-order valence-corrected chi connectivity index (χ4v) is 3.37. The highest BCUT2D eigenvalue weighted by atomic mass is 35.5. The smallest absolute Gasteiger partial charge is 0.332 e. The van der Waals surface area contributed by atoms with Gasteiger partial charge in [-0.1, -0.05) is 37.6 Å². The topological polar surface area (TPSA) is 115 Å². The van der Waals surface area contributed by atoms with Gasteiger partial charge in [0.25, 0.3) is 11.5 Å². The number of aromatic nitrogens is 3. The zero-order chi connectivity index (χ0) is 22.9. The average Bonchev–Trinajstić information content (AvgIpc) is 2.74. The SMILES string of the molecule is CC(C)[C@H](NC(=O)c1ccccc1Cl)C(=O)Nc1cnc2c(c1)c(=O)n(C)c(=O)n2C. The number of pyridine rings is 1. The summed E-state index contributed by atoms with van der Waals surface area (Å²) in [6.45, 7) is 3.59. The minimum atomic E-state index is -0.859. The van der Waals surface area contributed by atoms with E-state index in [1.165, 1.54) is 30.9 Å². The number of nitrogens with zero attached hydrogens (tertiary/aromatic N) is 3. The van der Waals surface area contributed by atoms with E-state index in [-0.39, 0.29) is 33.2 Å². The highest BCUT2D eigenvalue weighted by Crippen LogP contribution is 2.17. The zero-order valence-corrected chi connectivity index (χ0v) is 18.2. The number of amides is 2. The van der Waals surface area contributed by atoms with E-state index in [1.54, 1.807) is 38.1 Å². The van der Waals surface area contributed by atoms with Gasteiger partial charge in [0.2, 0.25) is 5.91 Å². The van der Waals surface area contributed by atoms with E-state index in [2.05, 4.69) is 15.6 Å². The lowest BCUT2D eigenvalue weighted by atomic mass is 10.0. The van der Waals surface area contributed by atoms with Crippen molar-refractivity contribution >= 4 is 40.1 Å². The molecule has 9 nitrogen and oxygen atoms in total. The van der Waals surface area contributed by atoms with Gasteiger partial charge >= 0.3 is 5.69 Å². The maximum Gasteiger partial charge on any atom is 0.332 e. The average molecular weight is 444 g/mol. The van der Waals surface area contributed by atoms with Crippen LogP contribution in [0.4, 0.5) is 5.69 Å². The second kappa shape index (κ2) is 8.73. The Hall–Kier alpha value is -3.46. The molecule has 2 amide bonds. The van der Waals surface area contributed by atoms with E-state index in [0.717, 1.165) is 4.57 Å². The fourth-order valence-electron chi connectivity index (χ4n) is 3.15. The van der Waals surface area contributed by atoms with Crippen molar-refractivity contribution in [3.8, 4) is 0 Å². The number of carbonyl (C=O) groups is 2. The van der Waals surface area contributed by atoms with Crippen molar-refractivity contribution in [3.05, 3.63) is 68.0 Å². The Balaban J connectivity index is 1.88. The molecular weight excluding hydrogens is 422 g/mol. The number of hydrogen-bond donors (Lipinski definition) is 2. The quantitative estimate of drug-likeness (QED) is 0.622. The first-order valence-electron chi connectivity index (χ1n) is 9.53. The first kappa shape index (κ1) is 22.2. The molecule has 0 bridgehead atoms. The molecule has 0 aliphatic heterocycles. The fraction of sp³-hybridized carbons (Fsp3) is 0.286. The third-order valence-electron chi connectivity index (χ3n) is 4.92. The van der Waals surface area contributed by atoms with E-state index in [0.29, 0.717) is 0 Å². The second-order valence-corrected chi connectivity index (χ2v) is 7.87. The normalized spacial score (nSPS) is 12.1. The molecule has 0 aliphatic rings. The molecule has 162 valence electrons. The summed E-state index contributed by atoms with van der Waals surface area (Å²) in [6, 6.07) is 7.14. The largest absolute Gasteiger partial charge is 0.340 e. The summed E-state index contributed by atoms with van der Waals surface area (Å²) in [5.74, 6) is -1.17. The number of benzene rings is 1. The van der Waals surface area contributed by atoms with Gasteiger partial charge in [-0.2, -0.15) is 0 Å². The molecular formula is C21H22ClN5O4. The lowest BCUT2D eigenvalue weighted by molar-refractivity contribution is -0.118. The second-order valence-electron chi connectivity index (χ2n) is 7.47. The Morgan fingerprint density at radius 2 is 1.77 bits per heavy atom.